The topological polar surface area (TPSA) is 42.0 Å². The summed E-state index contributed by atoms with van der Waals surface area (Å²) >= 11 is 0. The number of nitrogens with zero attached hydrogens (tertiary/aromatic N) is 1. The number of amides is 1. The minimum absolute atomic E-state index is 0.182. The Kier molecular flexibility index (Phi) is 2.28. The number of hydrogen-bond acceptors (Lipinski definition) is 2. The summed E-state index contributed by atoms with van der Waals surface area (Å²) in [6.45, 7) is 0. The molecule has 0 spiro atoms. The number of aromatic nitrogens is 1. The monoisotopic (exact) mass is 230 g/mol. The first-order chi connectivity index (χ1) is 8.22. The molecule has 0 atom stereocenters. The molecule has 1 N–H and O–H groups in total. The minimum atomic E-state index is -0.343. The molecule has 1 amide bonds. The van der Waals surface area contributed by atoms with E-state index < -0.39 is 0 Å². The van der Waals surface area contributed by atoms with Gasteiger partial charge >= 0.3 is 0 Å². The van der Waals surface area contributed by atoms with Crippen molar-refractivity contribution in [2.45, 2.75) is 18.9 Å². The van der Waals surface area contributed by atoms with Gasteiger partial charge in [-0.15, -0.1) is 0 Å². The summed E-state index contributed by atoms with van der Waals surface area (Å²) in [5, 5.41) is 3.68. The van der Waals surface area contributed by atoms with Crippen molar-refractivity contribution in [1.82, 2.24) is 10.3 Å². The van der Waals surface area contributed by atoms with E-state index in [1.54, 1.807) is 18.2 Å². The highest BCUT2D eigenvalue weighted by Crippen LogP contribution is 2.19. The number of benzene rings is 1. The summed E-state index contributed by atoms with van der Waals surface area (Å²) in [5.41, 5.74) is 0.850. The number of pyridine rings is 1. The Morgan fingerprint density at radius 2 is 2.06 bits per heavy atom. The van der Waals surface area contributed by atoms with Gasteiger partial charge < -0.3 is 5.32 Å². The van der Waals surface area contributed by atoms with E-state index in [1.807, 2.05) is 0 Å². The molecule has 1 fully saturated rings. The number of rotatable bonds is 2. The molecule has 0 saturated heterocycles. The molecule has 1 heterocycles. The molecule has 4 heteroatoms. The molecular formula is C13H11FN2O. The normalized spacial score (nSPS) is 14.9. The summed E-state index contributed by atoms with van der Waals surface area (Å²) in [4.78, 5) is 15.9. The molecule has 1 saturated carbocycles. The van der Waals surface area contributed by atoms with Gasteiger partial charge in [0, 0.05) is 17.5 Å². The van der Waals surface area contributed by atoms with Crippen LogP contribution in [0.15, 0.2) is 30.3 Å². The van der Waals surface area contributed by atoms with Crippen LogP contribution in [-0.4, -0.2) is 16.9 Å². The van der Waals surface area contributed by atoms with Crippen LogP contribution < -0.4 is 5.32 Å². The Balaban J connectivity index is 1.96. The van der Waals surface area contributed by atoms with Crippen LogP contribution >= 0.6 is 0 Å². The second kappa shape index (κ2) is 3.80. The molecule has 1 aromatic carbocycles. The lowest BCUT2D eigenvalue weighted by atomic mass is 10.2. The molecule has 1 aliphatic rings. The third-order valence-corrected chi connectivity index (χ3v) is 2.80. The van der Waals surface area contributed by atoms with E-state index in [-0.39, 0.29) is 11.7 Å². The molecule has 0 aliphatic heterocycles. The minimum Gasteiger partial charge on any atom is -0.348 e. The van der Waals surface area contributed by atoms with Crippen molar-refractivity contribution in [3.63, 3.8) is 0 Å². The van der Waals surface area contributed by atoms with E-state index in [9.17, 15) is 9.18 Å². The second-order valence-corrected chi connectivity index (χ2v) is 4.28. The van der Waals surface area contributed by atoms with Gasteiger partial charge in [0.25, 0.3) is 5.91 Å². The SMILES string of the molecule is O=C(NC1CC1)c1ccc2ccc(F)cc2n1. The first kappa shape index (κ1) is 10.2. The van der Waals surface area contributed by atoms with E-state index in [0.29, 0.717) is 17.3 Å². The van der Waals surface area contributed by atoms with Crippen LogP contribution in [-0.2, 0) is 0 Å². The standard InChI is InChI=1S/C13H11FN2O/c14-9-3-1-8-2-6-11(16-12(8)7-9)13(17)15-10-4-5-10/h1-3,6-7,10H,4-5H2,(H,15,17). The van der Waals surface area contributed by atoms with Gasteiger partial charge in [0.05, 0.1) is 5.52 Å². The van der Waals surface area contributed by atoms with Crippen LogP contribution in [0.5, 0.6) is 0 Å². The van der Waals surface area contributed by atoms with Crippen LogP contribution in [0.1, 0.15) is 23.3 Å². The average Bonchev–Trinajstić information content (AvgIpc) is 3.12. The molecular weight excluding hydrogens is 219 g/mol. The van der Waals surface area contributed by atoms with Gasteiger partial charge in [0.15, 0.2) is 0 Å². The van der Waals surface area contributed by atoms with Crippen LogP contribution in [0.3, 0.4) is 0 Å². The van der Waals surface area contributed by atoms with E-state index >= 15 is 0 Å². The zero-order valence-electron chi connectivity index (χ0n) is 9.11. The summed E-state index contributed by atoms with van der Waals surface area (Å²) < 4.78 is 13.0. The fraction of sp³-hybridized carbons (Fsp3) is 0.231. The molecule has 86 valence electrons. The Bertz CT molecular complexity index is 593. The quantitative estimate of drug-likeness (QED) is 0.859. The first-order valence-electron chi connectivity index (χ1n) is 5.59. The summed E-state index contributed by atoms with van der Waals surface area (Å²) in [5.74, 6) is -0.525. The van der Waals surface area contributed by atoms with E-state index in [2.05, 4.69) is 10.3 Å². The second-order valence-electron chi connectivity index (χ2n) is 4.28. The van der Waals surface area contributed by atoms with Gasteiger partial charge in [-0.3, -0.25) is 4.79 Å². The van der Waals surface area contributed by atoms with Gasteiger partial charge in [-0.25, -0.2) is 9.37 Å². The van der Waals surface area contributed by atoms with Crippen molar-refractivity contribution in [1.29, 1.82) is 0 Å². The van der Waals surface area contributed by atoms with E-state index in [0.717, 1.165) is 18.2 Å². The number of carbonyl (C=O) groups is 1. The van der Waals surface area contributed by atoms with Crippen molar-refractivity contribution < 1.29 is 9.18 Å². The predicted octanol–water partition coefficient (Wildman–Crippen LogP) is 2.27. The van der Waals surface area contributed by atoms with Gasteiger partial charge in [-0.2, -0.15) is 0 Å². The van der Waals surface area contributed by atoms with Crippen molar-refractivity contribution in [2.24, 2.45) is 0 Å². The highest BCUT2D eigenvalue weighted by molar-refractivity contribution is 5.95. The fourth-order valence-electron chi connectivity index (χ4n) is 1.70. The Morgan fingerprint density at radius 1 is 1.29 bits per heavy atom. The van der Waals surface area contributed by atoms with E-state index in [4.69, 9.17) is 0 Å². The lowest BCUT2D eigenvalue weighted by Gasteiger charge is -2.04. The fourth-order valence-corrected chi connectivity index (χ4v) is 1.70. The third kappa shape index (κ3) is 2.11. The Morgan fingerprint density at radius 3 is 2.82 bits per heavy atom. The summed E-state index contributed by atoms with van der Waals surface area (Å²) in [6.07, 6.45) is 2.07. The molecule has 17 heavy (non-hydrogen) atoms. The highest BCUT2D eigenvalue weighted by Gasteiger charge is 2.24. The van der Waals surface area contributed by atoms with Gasteiger partial charge in [-0.05, 0) is 31.0 Å². The molecule has 3 rings (SSSR count). The largest absolute Gasteiger partial charge is 0.348 e. The van der Waals surface area contributed by atoms with Crippen molar-refractivity contribution in [2.75, 3.05) is 0 Å². The molecule has 0 radical (unpaired) electrons. The van der Waals surface area contributed by atoms with Crippen LogP contribution in [0, 0.1) is 5.82 Å². The lowest BCUT2D eigenvalue weighted by molar-refractivity contribution is 0.0946. The highest BCUT2D eigenvalue weighted by atomic mass is 19.1. The maximum absolute atomic E-state index is 13.0. The third-order valence-electron chi connectivity index (χ3n) is 2.80. The van der Waals surface area contributed by atoms with Crippen LogP contribution in [0.25, 0.3) is 10.9 Å². The molecule has 3 nitrogen and oxygen atoms in total. The summed E-state index contributed by atoms with van der Waals surface area (Å²) in [7, 11) is 0. The molecule has 1 aliphatic carbocycles. The molecule has 0 unspecified atom stereocenters. The van der Waals surface area contributed by atoms with Gasteiger partial charge in [0.2, 0.25) is 0 Å². The van der Waals surface area contributed by atoms with Gasteiger partial charge in [0.1, 0.15) is 11.5 Å². The van der Waals surface area contributed by atoms with Crippen molar-refractivity contribution in [3.05, 3.63) is 41.8 Å². The van der Waals surface area contributed by atoms with Crippen LogP contribution in [0.2, 0.25) is 0 Å². The number of nitrogens with one attached hydrogen (secondary N) is 1. The Hall–Kier alpha value is -1.97. The zero-order chi connectivity index (χ0) is 11.8. The molecule has 2 aromatic rings. The number of halogens is 1. The van der Waals surface area contributed by atoms with Crippen LogP contribution in [0.4, 0.5) is 4.39 Å². The maximum Gasteiger partial charge on any atom is 0.270 e. The lowest BCUT2D eigenvalue weighted by Crippen LogP contribution is -2.26. The first-order valence-corrected chi connectivity index (χ1v) is 5.59. The van der Waals surface area contributed by atoms with Gasteiger partial charge in [-0.1, -0.05) is 6.07 Å². The summed E-state index contributed by atoms with van der Waals surface area (Å²) in [6, 6.07) is 8.12. The molecule has 1 aromatic heterocycles. The number of hydrogen-bond donors (Lipinski definition) is 1. The number of carbonyl (C=O) groups excluding carboxylic acids is 1. The molecule has 0 bridgehead atoms. The number of fused-ring (bicyclic) bond motifs is 1. The van der Waals surface area contributed by atoms with Crippen molar-refractivity contribution >= 4 is 16.8 Å². The van der Waals surface area contributed by atoms with E-state index in [1.165, 1.54) is 12.1 Å². The maximum atomic E-state index is 13.0. The smallest absolute Gasteiger partial charge is 0.270 e. The average molecular weight is 230 g/mol. The Labute approximate surface area is 97.7 Å². The predicted molar refractivity (Wildman–Crippen MR) is 62.2 cm³/mol. The van der Waals surface area contributed by atoms with Crippen molar-refractivity contribution in [3.8, 4) is 0 Å². The zero-order valence-corrected chi connectivity index (χ0v) is 9.11.